The van der Waals surface area contributed by atoms with E-state index in [0.717, 1.165) is 17.8 Å². The number of hydrogen-bond donors (Lipinski definition) is 3. The number of amides is 1. The largest absolute Gasteiger partial charge is 0.339 e. The number of imidazole rings is 1. The highest BCUT2D eigenvalue weighted by Crippen LogP contribution is 2.26. The van der Waals surface area contributed by atoms with E-state index in [1.165, 1.54) is 12.3 Å². The van der Waals surface area contributed by atoms with Gasteiger partial charge in [-0.1, -0.05) is 36.4 Å². The first-order valence-electron chi connectivity index (χ1n) is 9.74. The van der Waals surface area contributed by atoms with Gasteiger partial charge in [0.2, 0.25) is 11.9 Å². The predicted molar refractivity (Wildman–Crippen MR) is 127 cm³/mol. The lowest BCUT2D eigenvalue weighted by Crippen LogP contribution is -2.07. The van der Waals surface area contributed by atoms with E-state index in [2.05, 4.69) is 37.5 Å². The van der Waals surface area contributed by atoms with E-state index in [1.807, 2.05) is 41.1 Å². The van der Waals surface area contributed by atoms with Crippen LogP contribution in [0.3, 0.4) is 0 Å². The number of aromatic nitrogens is 4. The van der Waals surface area contributed by atoms with Crippen molar-refractivity contribution in [2.45, 2.75) is 6.54 Å². The van der Waals surface area contributed by atoms with Gasteiger partial charge in [0.05, 0.1) is 12.5 Å². The van der Waals surface area contributed by atoms with Crippen LogP contribution in [0.1, 0.15) is 5.56 Å². The Hall–Kier alpha value is -4.17. The molecule has 0 spiro atoms. The number of benzene rings is 2. The molecule has 0 saturated heterocycles. The normalized spacial score (nSPS) is 10.4. The van der Waals surface area contributed by atoms with Crippen LogP contribution in [-0.2, 0) is 11.3 Å². The molecule has 0 aliphatic rings. The smallest absolute Gasteiger partial charge is 0.247 e. The maximum absolute atomic E-state index is 11.5. The molecule has 3 N–H and O–H groups in total. The number of nitrogens with one attached hydrogen (secondary N) is 3. The van der Waals surface area contributed by atoms with E-state index in [-0.39, 0.29) is 5.91 Å². The third-order valence-corrected chi connectivity index (χ3v) is 4.73. The summed E-state index contributed by atoms with van der Waals surface area (Å²) >= 11 is 6.28. The van der Waals surface area contributed by atoms with Crippen molar-refractivity contribution in [3.8, 4) is 0 Å². The van der Waals surface area contributed by atoms with Crippen molar-refractivity contribution in [1.82, 2.24) is 19.5 Å². The molecule has 2 heterocycles. The molecule has 0 unspecified atom stereocenters. The fourth-order valence-electron chi connectivity index (χ4n) is 2.93. The SMILES string of the molecule is C=CC(=O)Nc1cccc(Nc2nc(Nc3ccc(Cn4ccnc4)cc3)ncc2Cl)c1. The lowest BCUT2D eigenvalue weighted by molar-refractivity contribution is -0.111. The molecule has 0 aliphatic heterocycles. The molecule has 9 heteroatoms. The molecule has 1 amide bonds. The van der Waals surface area contributed by atoms with Gasteiger partial charge in [-0.15, -0.1) is 0 Å². The summed E-state index contributed by atoms with van der Waals surface area (Å²) in [6.45, 7) is 4.20. The minimum absolute atomic E-state index is 0.287. The van der Waals surface area contributed by atoms with E-state index in [0.29, 0.717) is 28.2 Å². The zero-order valence-electron chi connectivity index (χ0n) is 17.0. The van der Waals surface area contributed by atoms with Crippen molar-refractivity contribution in [2.75, 3.05) is 16.0 Å². The van der Waals surface area contributed by atoms with Crippen molar-refractivity contribution < 1.29 is 4.79 Å². The molecule has 0 bridgehead atoms. The van der Waals surface area contributed by atoms with Crippen molar-refractivity contribution >= 4 is 46.3 Å². The Morgan fingerprint density at radius 3 is 2.66 bits per heavy atom. The molecule has 0 fully saturated rings. The van der Waals surface area contributed by atoms with Crippen molar-refractivity contribution in [2.24, 2.45) is 0 Å². The van der Waals surface area contributed by atoms with Crippen LogP contribution in [0.15, 0.2) is 86.1 Å². The third kappa shape index (κ3) is 5.50. The first-order chi connectivity index (χ1) is 15.6. The second-order valence-corrected chi connectivity index (χ2v) is 7.25. The Morgan fingerprint density at radius 2 is 1.91 bits per heavy atom. The molecule has 2 aromatic heterocycles. The van der Waals surface area contributed by atoms with Gasteiger partial charge in [-0.2, -0.15) is 4.98 Å². The molecule has 4 rings (SSSR count). The summed E-state index contributed by atoms with van der Waals surface area (Å²) in [5, 5.41) is 9.42. The highest BCUT2D eigenvalue weighted by Gasteiger charge is 2.08. The molecular weight excluding hydrogens is 426 g/mol. The standard InChI is InChI=1S/C23H20ClN7O/c1-2-21(32)27-18-4-3-5-19(12-18)28-22-20(24)13-26-23(30-22)29-17-8-6-16(7-9-17)14-31-11-10-25-15-31/h2-13,15H,1,14H2,(H,27,32)(H2,26,28,29,30). The zero-order valence-corrected chi connectivity index (χ0v) is 17.8. The Balaban J connectivity index is 1.45. The van der Waals surface area contributed by atoms with E-state index in [1.54, 1.807) is 30.7 Å². The summed E-state index contributed by atoms with van der Waals surface area (Å²) in [4.78, 5) is 24.3. The average Bonchev–Trinajstić information content (AvgIpc) is 3.31. The molecule has 4 aromatic rings. The van der Waals surface area contributed by atoms with Gasteiger partial charge in [-0.3, -0.25) is 4.79 Å². The maximum Gasteiger partial charge on any atom is 0.247 e. The Kier molecular flexibility index (Phi) is 6.43. The summed E-state index contributed by atoms with van der Waals surface area (Å²) in [5.41, 5.74) is 3.33. The van der Waals surface area contributed by atoms with Crippen LogP contribution < -0.4 is 16.0 Å². The molecule has 0 aliphatic carbocycles. The monoisotopic (exact) mass is 445 g/mol. The van der Waals surface area contributed by atoms with Crippen LogP contribution in [0.4, 0.5) is 28.8 Å². The second kappa shape index (κ2) is 9.76. The summed E-state index contributed by atoms with van der Waals surface area (Å²) in [7, 11) is 0. The van der Waals surface area contributed by atoms with Gasteiger partial charge in [0.15, 0.2) is 5.82 Å². The lowest BCUT2D eigenvalue weighted by Gasteiger charge is -2.12. The second-order valence-electron chi connectivity index (χ2n) is 6.85. The van der Waals surface area contributed by atoms with Gasteiger partial charge >= 0.3 is 0 Å². The van der Waals surface area contributed by atoms with E-state index >= 15 is 0 Å². The topological polar surface area (TPSA) is 96.8 Å². The number of carbonyl (C=O) groups excluding carboxylic acids is 1. The molecule has 0 radical (unpaired) electrons. The summed E-state index contributed by atoms with van der Waals surface area (Å²) in [5.74, 6) is 0.549. The number of carbonyl (C=O) groups is 1. The van der Waals surface area contributed by atoms with Crippen LogP contribution in [-0.4, -0.2) is 25.4 Å². The summed E-state index contributed by atoms with van der Waals surface area (Å²) in [6.07, 6.45) is 8.20. The Bertz CT molecular complexity index is 1220. The minimum Gasteiger partial charge on any atom is -0.339 e. The summed E-state index contributed by atoms with van der Waals surface area (Å²) < 4.78 is 2.00. The Morgan fingerprint density at radius 1 is 1.09 bits per heavy atom. The number of hydrogen-bond acceptors (Lipinski definition) is 6. The minimum atomic E-state index is -0.287. The predicted octanol–water partition coefficient (Wildman–Crippen LogP) is 4.99. The first-order valence-corrected chi connectivity index (χ1v) is 10.1. The van der Waals surface area contributed by atoms with Crippen LogP contribution >= 0.6 is 11.6 Å². The lowest BCUT2D eigenvalue weighted by atomic mass is 10.2. The number of halogens is 1. The number of anilines is 5. The van der Waals surface area contributed by atoms with Crippen molar-refractivity contribution in [3.05, 3.63) is 96.7 Å². The van der Waals surface area contributed by atoms with Gasteiger partial charge in [0.25, 0.3) is 0 Å². The Labute approximate surface area is 190 Å². The quantitative estimate of drug-likeness (QED) is 0.331. The van der Waals surface area contributed by atoms with Crippen LogP contribution in [0.25, 0.3) is 0 Å². The van der Waals surface area contributed by atoms with Gasteiger partial charge in [-0.05, 0) is 42.0 Å². The molecule has 0 saturated carbocycles. The maximum atomic E-state index is 11.5. The van der Waals surface area contributed by atoms with E-state index in [9.17, 15) is 4.79 Å². The van der Waals surface area contributed by atoms with Gasteiger partial charge in [0.1, 0.15) is 5.02 Å². The molecule has 160 valence electrons. The summed E-state index contributed by atoms with van der Waals surface area (Å²) in [6, 6.07) is 15.2. The highest BCUT2D eigenvalue weighted by molar-refractivity contribution is 6.32. The van der Waals surface area contributed by atoms with Gasteiger partial charge in [0, 0.05) is 36.0 Å². The molecule has 8 nitrogen and oxygen atoms in total. The van der Waals surface area contributed by atoms with Gasteiger partial charge < -0.3 is 20.5 Å². The van der Waals surface area contributed by atoms with E-state index < -0.39 is 0 Å². The van der Waals surface area contributed by atoms with Crippen LogP contribution in [0.5, 0.6) is 0 Å². The molecule has 32 heavy (non-hydrogen) atoms. The highest BCUT2D eigenvalue weighted by atomic mass is 35.5. The molecular formula is C23H20ClN7O. The average molecular weight is 446 g/mol. The molecule has 0 atom stereocenters. The number of rotatable bonds is 8. The third-order valence-electron chi connectivity index (χ3n) is 4.46. The first kappa shape index (κ1) is 21.1. The van der Waals surface area contributed by atoms with Crippen molar-refractivity contribution in [1.29, 1.82) is 0 Å². The van der Waals surface area contributed by atoms with E-state index in [4.69, 9.17) is 11.6 Å². The van der Waals surface area contributed by atoms with Crippen molar-refractivity contribution in [3.63, 3.8) is 0 Å². The van der Waals surface area contributed by atoms with Gasteiger partial charge in [-0.25, -0.2) is 9.97 Å². The fraction of sp³-hybridized carbons (Fsp3) is 0.0435. The zero-order chi connectivity index (χ0) is 22.3. The molecule has 2 aromatic carbocycles. The fourth-order valence-corrected chi connectivity index (χ4v) is 3.07. The van der Waals surface area contributed by atoms with Crippen LogP contribution in [0, 0.1) is 0 Å². The number of nitrogens with zero attached hydrogens (tertiary/aromatic N) is 4. The van der Waals surface area contributed by atoms with Crippen LogP contribution in [0.2, 0.25) is 5.02 Å².